The summed E-state index contributed by atoms with van der Waals surface area (Å²) in [4.78, 5) is 11.4. The lowest BCUT2D eigenvalue weighted by molar-refractivity contribution is -0.150. The van der Waals surface area contributed by atoms with Crippen LogP contribution < -0.4 is 0 Å². The molecule has 0 heterocycles. The fraction of sp³-hybridized carbons (Fsp3) is 0.909. The van der Waals surface area contributed by atoms with Crippen LogP contribution in [-0.4, -0.2) is 23.3 Å². The van der Waals surface area contributed by atoms with Crippen molar-refractivity contribution in [3.63, 3.8) is 0 Å². The first-order chi connectivity index (χ1) is 6.37. The molecule has 1 unspecified atom stereocenters. The predicted octanol–water partition coefficient (Wildman–Crippen LogP) is 2.13. The van der Waals surface area contributed by atoms with E-state index in [0.29, 0.717) is 13.0 Å². The molecule has 1 atom stereocenters. The van der Waals surface area contributed by atoms with Gasteiger partial charge in [-0.25, -0.2) is 0 Å². The maximum Gasteiger partial charge on any atom is 0.308 e. The van der Waals surface area contributed by atoms with Gasteiger partial charge in [-0.05, 0) is 26.7 Å². The zero-order valence-electron chi connectivity index (χ0n) is 9.67. The number of hydrogen-bond donors (Lipinski definition) is 1. The van der Waals surface area contributed by atoms with Gasteiger partial charge in [0.1, 0.15) is 0 Å². The van der Waals surface area contributed by atoms with Gasteiger partial charge in [0, 0.05) is 0 Å². The first kappa shape index (κ1) is 13.4. The fourth-order valence-corrected chi connectivity index (χ4v) is 1.29. The molecule has 0 bridgehead atoms. The van der Waals surface area contributed by atoms with Gasteiger partial charge in [-0.1, -0.05) is 20.3 Å². The van der Waals surface area contributed by atoms with Crippen LogP contribution in [0.4, 0.5) is 0 Å². The van der Waals surface area contributed by atoms with Crippen molar-refractivity contribution in [1.82, 2.24) is 0 Å². The summed E-state index contributed by atoms with van der Waals surface area (Å²) in [6, 6.07) is 0. The summed E-state index contributed by atoms with van der Waals surface area (Å²) < 4.78 is 5.04. The highest BCUT2D eigenvalue weighted by Gasteiger charge is 2.23. The molecule has 0 saturated heterocycles. The largest absolute Gasteiger partial charge is 0.465 e. The lowest BCUT2D eigenvalue weighted by atomic mass is 9.95. The van der Waals surface area contributed by atoms with Gasteiger partial charge in [0.2, 0.25) is 0 Å². The highest BCUT2D eigenvalue weighted by atomic mass is 16.5. The predicted molar refractivity (Wildman–Crippen MR) is 55.9 cm³/mol. The van der Waals surface area contributed by atoms with Crippen LogP contribution in [0.2, 0.25) is 0 Å². The third-order valence-corrected chi connectivity index (χ3v) is 1.95. The Labute approximate surface area is 86.5 Å². The molecule has 3 nitrogen and oxygen atoms in total. The van der Waals surface area contributed by atoms with Crippen molar-refractivity contribution in [2.45, 2.75) is 52.6 Å². The summed E-state index contributed by atoms with van der Waals surface area (Å²) in [6.45, 7) is 7.72. The molecule has 0 spiro atoms. The molecule has 1 N–H and O–H groups in total. The summed E-state index contributed by atoms with van der Waals surface area (Å²) in [5.74, 6) is -0.438. The average molecular weight is 202 g/mol. The van der Waals surface area contributed by atoms with E-state index in [9.17, 15) is 9.90 Å². The Kier molecular flexibility index (Phi) is 5.77. The molecule has 0 aliphatic carbocycles. The zero-order valence-corrected chi connectivity index (χ0v) is 9.67. The SMILES string of the molecule is CCCCOC(=O)C(C)CC(C)(C)O. The van der Waals surface area contributed by atoms with Gasteiger partial charge in [-0.3, -0.25) is 4.79 Å². The van der Waals surface area contributed by atoms with Crippen molar-refractivity contribution in [2.24, 2.45) is 5.92 Å². The van der Waals surface area contributed by atoms with E-state index in [2.05, 4.69) is 0 Å². The average Bonchev–Trinajstić information content (AvgIpc) is 2.01. The molecule has 84 valence electrons. The Morgan fingerprint density at radius 2 is 2.07 bits per heavy atom. The second-order valence-electron chi connectivity index (χ2n) is 4.44. The zero-order chi connectivity index (χ0) is 11.2. The molecule has 14 heavy (non-hydrogen) atoms. The molecular formula is C11H22O3. The van der Waals surface area contributed by atoms with E-state index in [1.54, 1.807) is 20.8 Å². The Hall–Kier alpha value is -0.570. The van der Waals surface area contributed by atoms with Crippen LogP contribution >= 0.6 is 0 Å². The van der Waals surface area contributed by atoms with E-state index in [4.69, 9.17) is 4.74 Å². The third kappa shape index (κ3) is 6.89. The Balaban J connectivity index is 3.77. The van der Waals surface area contributed by atoms with Crippen LogP contribution in [-0.2, 0) is 9.53 Å². The molecule has 0 radical (unpaired) electrons. The normalized spacial score (nSPS) is 13.8. The summed E-state index contributed by atoms with van der Waals surface area (Å²) in [5, 5.41) is 9.50. The number of rotatable bonds is 6. The Bertz CT molecular complexity index is 170. The summed E-state index contributed by atoms with van der Waals surface area (Å²) in [6.07, 6.45) is 2.37. The Morgan fingerprint density at radius 1 is 1.50 bits per heavy atom. The highest BCUT2D eigenvalue weighted by Crippen LogP contribution is 2.16. The molecule has 0 aromatic rings. The minimum Gasteiger partial charge on any atom is -0.465 e. The number of aliphatic hydroxyl groups is 1. The molecule has 0 aromatic carbocycles. The van der Waals surface area contributed by atoms with E-state index < -0.39 is 5.60 Å². The summed E-state index contributed by atoms with van der Waals surface area (Å²) in [7, 11) is 0. The van der Waals surface area contributed by atoms with Crippen molar-refractivity contribution < 1.29 is 14.6 Å². The standard InChI is InChI=1S/C11H22O3/c1-5-6-7-14-10(12)9(2)8-11(3,4)13/h9,13H,5-8H2,1-4H3. The van der Waals surface area contributed by atoms with Crippen LogP contribution in [0.25, 0.3) is 0 Å². The summed E-state index contributed by atoms with van der Waals surface area (Å²) in [5.41, 5.74) is -0.802. The number of unbranched alkanes of at least 4 members (excludes halogenated alkanes) is 1. The van der Waals surface area contributed by atoms with E-state index in [1.165, 1.54) is 0 Å². The van der Waals surface area contributed by atoms with Crippen molar-refractivity contribution in [3.05, 3.63) is 0 Å². The van der Waals surface area contributed by atoms with Crippen LogP contribution in [0.3, 0.4) is 0 Å². The van der Waals surface area contributed by atoms with Gasteiger partial charge in [-0.2, -0.15) is 0 Å². The van der Waals surface area contributed by atoms with Crippen molar-refractivity contribution in [3.8, 4) is 0 Å². The van der Waals surface area contributed by atoms with Crippen LogP contribution in [0.1, 0.15) is 47.0 Å². The smallest absolute Gasteiger partial charge is 0.308 e. The number of carbonyl (C=O) groups is 1. The lowest BCUT2D eigenvalue weighted by Gasteiger charge is -2.20. The molecule has 0 fully saturated rings. The second-order valence-corrected chi connectivity index (χ2v) is 4.44. The van der Waals surface area contributed by atoms with Crippen molar-refractivity contribution in [1.29, 1.82) is 0 Å². The third-order valence-electron chi connectivity index (χ3n) is 1.95. The monoisotopic (exact) mass is 202 g/mol. The Morgan fingerprint density at radius 3 is 2.50 bits per heavy atom. The highest BCUT2D eigenvalue weighted by molar-refractivity contribution is 5.72. The van der Waals surface area contributed by atoms with Crippen molar-refractivity contribution >= 4 is 5.97 Å². The molecule has 0 saturated carbocycles. The number of ether oxygens (including phenoxy) is 1. The van der Waals surface area contributed by atoms with Gasteiger partial charge in [0.25, 0.3) is 0 Å². The molecule has 0 aliphatic heterocycles. The van der Waals surface area contributed by atoms with Gasteiger partial charge in [-0.15, -0.1) is 0 Å². The number of hydrogen-bond acceptors (Lipinski definition) is 3. The maximum atomic E-state index is 11.4. The van der Waals surface area contributed by atoms with Gasteiger partial charge in [0.05, 0.1) is 18.1 Å². The quantitative estimate of drug-likeness (QED) is 0.530. The minimum atomic E-state index is -0.802. The number of carbonyl (C=O) groups excluding carboxylic acids is 1. The van der Waals surface area contributed by atoms with E-state index in [-0.39, 0.29) is 11.9 Å². The van der Waals surface area contributed by atoms with Gasteiger partial charge < -0.3 is 9.84 Å². The minimum absolute atomic E-state index is 0.208. The number of esters is 1. The van der Waals surface area contributed by atoms with E-state index >= 15 is 0 Å². The van der Waals surface area contributed by atoms with Crippen LogP contribution in [0.15, 0.2) is 0 Å². The lowest BCUT2D eigenvalue weighted by Crippen LogP contribution is -2.27. The topological polar surface area (TPSA) is 46.5 Å². The van der Waals surface area contributed by atoms with Crippen LogP contribution in [0.5, 0.6) is 0 Å². The summed E-state index contributed by atoms with van der Waals surface area (Å²) >= 11 is 0. The van der Waals surface area contributed by atoms with Gasteiger partial charge in [0.15, 0.2) is 0 Å². The first-order valence-electron chi connectivity index (χ1n) is 5.26. The molecular weight excluding hydrogens is 180 g/mol. The second kappa shape index (κ2) is 6.02. The van der Waals surface area contributed by atoms with Crippen molar-refractivity contribution in [2.75, 3.05) is 6.61 Å². The fourth-order valence-electron chi connectivity index (χ4n) is 1.29. The molecule has 3 heteroatoms. The molecule has 0 amide bonds. The molecule has 0 aliphatic rings. The maximum absolute atomic E-state index is 11.4. The molecule has 0 rings (SSSR count). The van der Waals surface area contributed by atoms with E-state index in [1.807, 2.05) is 6.92 Å². The van der Waals surface area contributed by atoms with E-state index in [0.717, 1.165) is 12.8 Å². The molecule has 0 aromatic heterocycles. The first-order valence-corrected chi connectivity index (χ1v) is 5.26. The van der Waals surface area contributed by atoms with Gasteiger partial charge >= 0.3 is 5.97 Å². The van der Waals surface area contributed by atoms with Crippen LogP contribution in [0, 0.1) is 5.92 Å².